The van der Waals surface area contributed by atoms with Crippen molar-refractivity contribution in [3.8, 4) is 11.5 Å². The molecule has 0 atom stereocenters. The molecule has 64 heavy (non-hydrogen) atoms. The highest BCUT2D eigenvalue weighted by Crippen LogP contribution is 2.59. The first kappa shape index (κ1) is 40.7. The van der Waals surface area contributed by atoms with Crippen molar-refractivity contribution in [1.82, 2.24) is 0 Å². The number of benzene rings is 7. The van der Waals surface area contributed by atoms with Crippen LogP contribution in [0.15, 0.2) is 173 Å². The van der Waals surface area contributed by atoms with E-state index in [2.05, 4.69) is 226 Å². The number of rotatable bonds is 5. The lowest BCUT2D eigenvalue weighted by Crippen LogP contribution is -2.68. The molecule has 0 unspecified atom stereocenters. The number of ether oxygens (including phenoxy) is 1. The average molecular weight is 848 g/mol. The third-order valence-corrected chi connectivity index (χ3v) is 21.4. The van der Waals surface area contributed by atoms with E-state index in [4.69, 9.17) is 4.74 Å². The zero-order chi connectivity index (χ0) is 44.4. The molecule has 0 radical (unpaired) electrons. The fourth-order valence-electron chi connectivity index (χ4n) is 12.6. The first-order chi connectivity index (χ1) is 30.9. The topological polar surface area (TPSA) is 12.5 Å². The Labute approximate surface area is 382 Å². The number of allylic oxidation sites excluding steroid dienone is 4. The van der Waals surface area contributed by atoms with Crippen molar-refractivity contribution in [1.29, 1.82) is 0 Å². The molecule has 7 aromatic carbocycles. The molecule has 0 saturated heterocycles. The Kier molecular flexibility index (Phi) is 9.35. The molecule has 0 saturated carbocycles. The van der Waals surface area contributed by atoms with Gasteiger partial charge >= 0.3 is 0 Å². The van der Waals surface area contributed by atoms with Crippen LogP contribution in [0.1, 0.15) is 126 Å². The van der Waals surface area contributed by atoms with Gasteiger partial charge in [0.05, 0.1) is 16.8 Å². The van der Waals surface area contributed by atoms with Crippen LogP contribution < -0.4 is 36.4 Å². The molecule has 7 aromatic rings. The quantitative estimate of drug-likeness (QED) is 0.160. The van der Waals surface area contributed by atoms with Gasteiger partial charge in [-0.05, 0) is 130 Å². The maximum Gasteiger partial charge on any atom is 0.251 e. The summed E-state index contributed by atoms with van der Waals surface area (Å²) in [6.45, 7) is 23.7. The van der Waals surface area contributed by atoms with Crippen molar-refractivity contribution in [2.45, 2.75) is 92.4 Å². The van der Waals surface area contributed by atoms with E-state index in [0.29, 0.717) is 17.8 Å². The van der Waals surface area contributed by atoms with Crippen molar-refractivity contribution >= 4 is 58.6 Å². The lowest BCUT2D eigenvalue weighted by Gasteiger charge is -2.53. The Morgan fingerprint density at radius 2 is 0.953 bits per heavy atom. The lowest BCUT2D eigenvalue weighted by molar-refractivity contribution is 0.487. The highest BCUT2D eigenvalue weighted by Gasteiger charge is 2.59. The van der Waals surface area contributed by atoms with Gasteiger partial charge in [0.25, 0.3) is 6.71 Å². The van der Waals surface area contributed by atoms with Gasteiger partial charge < -0.3 is 9.64 Å². The van der Waals surface area contributed by atoms with Crippen LogP contribution in [0.25, 0.3) is 0 Å². The molecule has 4 heteroatoms. The van der Waals surface area contributed by atoms with Crippen LogP contribution >= 0.6 is 0 Å². The van der Waals surface area contributed by atoms with Crippen molar-refractivity contribution in [2.75, 3.05) is 4.90 Å². The summed E-state index contributed by atoms with van der Waals surface area (Å²) in [4.78, 5) is 2.51. The second-order valence-corrected chi connectivity index (χ2v) is 23.9. The molecule has 4 heterocycles. The zero-order valence-corrected chi connectivity index (χ0v) is 40.1. The van der Waals surface area contributed by atoms with Crippen molar-refractivity contribution in [3.63, 3.8) is 0 Å². The number of nitrogens with zero attached hydrogens (tertiary/aromatic N) is 1. The van der Waals surface area contributed by atoms with Crippen LogP contribution in [0, 0.1) is 0 Å². The van der Waals surface area contributed by atoms with Crippen LogP contribution in [0.4, 0.5) is 17.1 Å². The molecule has 0 N–H and O–H groups in total. The molecule has 11 rings (SSSR count). The van der Waals surface area contributed by atoms with Gasteiger partial charge in [0, 0.05) is 11.8 Å². The molecule has 0 fully saturated rings. The highest BCUT2D eigenvalue weighted by molar-refractivity contribution is 7.13. The summed E-state index contributed by atoms with van der Waals surface area (Å²) in [6.07, 6.45) is 0. The van der Waals surface area contributed by atoms with Crippen LogP contribution in [-0.2, 0) is 5.41 Å². The van der Waals surface area contributed by atoms with Crippen molar-refractivity contribution in [3.05, 3.63) is 212 Å². The van der Waals surface area contributed by atoms with Gasteiger partial charge in [-0.3, -0.25) is 0 Å². The van der Waals surface area contributed by atoms with E-state index in [0.717, 1.165) is 17.2 Å². The van der Waals surface area contributed by atoms with Crippen LogP contribution in [0.2, 0.25) is 0 Å². The minimum absolute atomic E-state index is 0.0406. The molecule has 4 aliphatic rings. The fraction of sp³-hybridized carbons (Fsp3) is 0.233. The minimum Gasteiger partial charge on any atom is -0.458 e. The SMILES string of the molecule is CC1=C(C)[Si]2(C(C)=C1C)c1ccccc1C1(c3ccccc3N(c3ccc4c(c3)Oc3ccccc3B4c3c(C(C)C)cc(C(C)C)cc3C(C)C)c3ccccc31)c1ccccc12. The second-order valence-electron chi connectivity index (χ2n) is 19.8. The van der Waals surface area contributed by atoms with E-state index < -0.39 is 13.5 Å². The molecule has 2 nitrogen and oxygen atoms in total. The van der Waals surface area contributed by atoms with Crippen LogP contribution in [0.3, 0.4) is 0 Å². The molecule has 4 aliphatic heterocycles. The molecular formula is C60H58BNOSi. The fourth-order valence-corrected chi connectivity index (χ4v) is 18.6. The van der Waals surface area contributed by atoms with Gasteiger partial charge in [0.2, 0.25) is 0 Å². The van der Waals surface area contributed by atoms with Gasteiger partial charge in [-0.2, -0.15) is 0 Å². The minimum atomic E-state index is -2.51. The smallest absolute Gasteiger partial charge is 0.251 e. The molecule has 0 aromatic heterocycles. The van der Waals surface area contributed by atoms with Crippen molar-refractivity contribution in [2.24, 2.45) is 0 Å². The predicted molar refractivity (Wildman–Crippen MR) is 275 cm³/mol. The van der Waals surface area contributed by atoms with Gasteiger partial charge in [0.15, 0.2) is 8.07 Å². The number of fused-ring (bicyclic) bond motifs is 12. The van der Waals surface area contributed by atoms with E-state index >= 15 is 0 Å². The first-order valence-electron chi connectivity index (χ1n) is 23.6. The monoisotopic (exact) mass is 847 g/mol. The third-order valence-electron chi connectivity index (χ3n) is 15.9. The number of hydrogen-bond donors (Lipinski definition) is 0. The van der Waals surface area contributed by atoms with E-state index in [9.17, 15) is 0 Å². The van der Waals surface area contributed by atoms with Crippen LogP contribution in [0.5, 0.6) is 11.5 Å². The largest absolute Gasteiger partial charge is 0.458 e. The van der Waals surface area contributed by atoms with Gasteiger partial charge in [-0.1, -0.05) is 190 Å². The Hall–Kier alpha value is -6.10. The van der Waals surface area contributed by atoms with E-state index in [-0.39, 0.29) is 6.71 Å². The summed E-state index contributed by atoms with van der Waals surface area (Å²) in [6, 6.07) is 58.3. The lowest BCUT2D eigenvalue weighted by atomic mass is 9.34. The number of para-hydroxylation sites is 3. The molecular weight excluding hydrogens is 790 g/mol. The molecule has 0 aliphatic carbocycles. The van der Waals surface area contributed by atoms with Crippen molar-refractivity contribution < 1.29 is 4.74 Å². The molecule has 316 valence electrons. The standard InChI is InChI=1S/C60H58BNOSi/c1-36(2)43-33-45(37(3)4)59(46(34-43)38(5)6)61-51-25-15-18-28-55(51)63-56-35-44(31-32-52(56)61)62-53-26-16-11-21-47(53)60(48-22-12-17-27-54(48)62)49-23-13-19-29-57(49)64(58-30-20-14-24-50(58)60)41(9)39(7)40(8)42(64)10/h11-38H,1-10H3. The van der Waals surface area contributed by atoms with E-state index in [1.807, 2.05) is 0 Å². The normalized spacial score (nSPS) is 16.3. The second kappa shape index (κ2) is 14.7. The Morgan fingerprint density at radius 1 is 0.484 bits per heavy atom. The van der Waals surface area contributed by atoms with Gasteiger partial charge in [-0.25, -0.2) is 0 Å². The number of hydrogen-bond acceptors (Lipinski definition) is 2. The molecule has 0 bridgehead atoms. The summed E-state index contributed by atoms with van der Waals surface area (Å²) >= 11 is 0. The number of anilines is 3. The summed E-state index contributed by atoms with van der Waals surface area (Å²) in [5.74, 6) is 3.05. The van der Waals surface area contributed by atoms with Crippen LogP contribution in [-0.4, -0.2) is 14.8 Å². The summed E-state index contributed by atoms with van der Waals surface area (Å²) in [5, 5.41) is 6.18. The average Bonchev–Trinajstić information content (AvgIpc) is 3.48. The van der Waals surface area contributed by atoms with Gasteiger partial charge in [-0.15, -0.1) is 0 Å². The maximum atomic E-state index is 7.06. The summed E-state index contributed by atoms with van der Waals surface area (Å²) in [7, 11) is -2.51. The summed E-state index contributed by atoms with van der Waals surface area (Å²) in [5.41, 5.74) is 19.5. The van der Waals surface area contributed by atoms with E-state index in [1.165, 1.54) is 88.2 Å². The zero-order valence-electron chi connectivity index (χ0n) is 39.1. The van der Waals surface area contributed by atoms with E-state index in [1.54, 1.807) is 10.4 Å². The van der Waals surface area contributed by atoms with Gasteiger partial charge in [0.1, 0.15) is 11.5 Å². The Balaban J connectivity index is 1.15. The molecule has 2 spiro atoms. The maximum absolute atomic E-state index is 7.06. The summed E-state index contributed by atoms with van der Waals surface area (Å²) < 4.78 is 7.06. The first-order valence-corrected chi connectivity index (χ1v) is 25.6. The Bertz CT molecular complexity index is 3000. The Morgan fingerprint density at radius 3 is 1.48 bits per heavy atom. The molecule has 0 amide bonds. The highest BCUT2D eigenvalue weighted by atomic mass is 28.3. The predicted octanol–water partition coefficient (Wildman–Crippen LogP) is 12.5. The third kappa shape index (κ3) is 5.32.